The number of hydrazone groups is 1. The first-order valence-corrected chi connectivity index (χ1v) is 15.9. The average Bonchev–Trinajstić information content (AvgIpc) is 3.10. The largest absolute Gasteiger partial charge is 0.278 e. The van der Waals surface area contributed by atoms with Crippen LogP contribution in [0.2, 0.25) is 0 Å². The summed E-state index contributed by atoms with van der Waals surface area (Å²) in [7, 11) is 0. The van der Waals surface area contributed by atoms with E-state index in [0.29, 0.717) is 0 Å². The van der Waals surface area contributed by atoms with E-state index in [9.17, 15) is 0 Å². The highest BCUT2D eigenvalue weighted by molar-refractivity contribution is 6.00. The van der Waals surface area contributed by atoms with E-state index < -0.39 is 0 Å². The lowest BCUT2D eigenvalue weighted by atomic mass is 9.89. The second-order valence-corrected chi connectivity index (χ2v) is 11.3. The van der Waals surface area contributed by atoms with Gasteiger partial charge in [-0.1, -0.05) is 135 Å². The topological polar surface area (TPSA) is 24.4 Å². The molecule has 0 aliphatic rings. The third-order valence-electron chi connectivity index (χ3n) is 8.27. The number of fused-ring (bicyclic) bond motifs is 1. The molecule has 0 radical (unpaired) electrons. The first-order valence-electron chi connectivity index (χ1n) is 15.9. The van der Waals surface area contributed by atoms with Crippen LogP contribution in [0.5, 0.6) is 0 Å². The van der Waals surface area contributed by atoms with Gasteiger partial charge in [-0.3, -0.25) is 5.43 Å². The molecule has 0 fully saturated rings. The summed E-state index contributed by atoms with van der Waals surface area (Å²) in [5.41, 5.74) is 17.2. The molecule has 5 aromatic carbocycles. The van der Waals surface area contributed by atoms with Gasteiger partial charge in [-0.15, -0.1) is 0 Å². The summed E-state index contributed by atoms with van der Waals surface area (Å²) in [6.45, 7) is 16.2. The van der Waals surface area contributed by atoms with Crippen molar-refractivity contribution in [1.29, 1.82) is 0 Å². The smallest absolute Gasteiger partial charge is 0.0663 e. The molecule has 0 aliphatic heterocycles. The van der Waals surface area contributed by atoms with Gasteiger partial charge in [0.05, 0.1) is 5.70 Å². The third-order valence-corrected chi connectivity index (χ3v) is 8.27. The lowest BCUT2D eigenvalue weighted by Crippen LogP contribution is -2.06. The molecule has 5 rings (SSSR count). The van der Waals surface area contributed by atoms with Gasteiger partial charge in [0.25, 0.3) is 0 Å². The first-order chi connectivity index (χ1) is 22.5. The molecule has 0 aromatic heterocycles. The number of benzene rings is 5. The van der Waals surface area contributed by atoms with Crippen LogP contribution in [0.25, 0.3) is 62.0 Å². The van der Waals surface area contributed by atoms with Crippen LogP contribution in [0, 0.1) is 0 Å². The SMILES string of the molecule is C=C/C=C\C(C)=C(\N/N=C/C)c1cccc(-c2cc(CC)cc(-c3ccc(-c4cc5ccccc5c(C=C)c4/C=C\C)cc3)c2)c1. The van der Waals surface area contributed by atoms with E-state index in [-0.39, 0.29) is 0 Å². The highest BCUT2D eigenvalue weighted by Crippen LogP contribution is 2.36. The predicted octanol–water partition coefficient (Wildman–Crippen LogP) is 12.1. The minimum absolute atomic E-state index is 0.954. The summed E-state index contributed by atoms with van der Waals surface area (Å²) in [5.74, 6) is 0. The Morgan fingerprint density at radius 2 is 1.50 bits per heavy atom. The summed E-state index contributed by atoms with van der Waals surface area (Å²) >= 11 is 0. The van der Waals surface area contributed by atoms with Crippen molar-refractivity contribution in [1.82, 2.24) is 5.43 Å². The van der Waals surface area contributed by atoms with Crippen LogP contribution in [-0.4, -0.2) is 6.21 Å². The molecule has 2 nitrogen and oxygen atoms in total. The Morgan fingerprint density at radius 1 is 0.761 bits per heavy atom. The molecule has 0 atom stereocenters. The van der Waals surface area contributed by atoms with Crippen LogP contribution in [-0.2, 0) is 6.42 Å². The van der Waals surface area contributed by atoms with Gasteiger partial charge in [0.2, 0.25) is 0 Å². The van der Waals surface area contributed by atoms with Gasteiger partial charge >= 0.3 is 0 Å². The fraction of sp³-hybridized carbons (Fsp3) is 0.114. The Kier molecular flexibility index (Phi) is 10.4. The van der Waals surface area contributed by atoms with Crippen LogP contribution in [0.1, 0.15) is 49.9 Å². The Balaban J connectivity index is 1.56. The maximum absolute atomic E-state index is 4.33. The molecule has 0 heterocycles. The molecule has 0 saturated carbocycles. The van der Waals surface area contributed by atoms with Crippen molar-refractivity contribution in [3.63, 3.8) is 0 Å². The van der Waals surface area contributed by atoms with E-state index in [2.05, 4.69) is 154 Å². The van der Waals surface area contributed by atoms with Crippen molar-refractivity contribution in [3.05, 3.63) is 162 Å². The summed E-state index contributed by atoms with van der Waals surface area (Å²) in [6, 6.07) is 35.4. The Bertz CT molecular complexity index is 2000. The molecular weight excluding hydrogens is 556 g/mol. The van der Waals surface area contributed by atoms with Crippen molar-refractivity contribution in [2.45, 2.75) is 34.1 Å². The minimum atomic E-state index is 0.954. The van der Waals surface area contributed by atoms with E-state index >= 15 is 0 Å². The molecule has 46 heavy (non-hydrogen) atoms. The van der Waals surface area contributed by atoms with Crippen LogP contribution < -0.4 is 5.43 Å². The van der Waals surface area contributed by atoms with E-state index in [0.717, 1.165) is 28.8 Å². The molecule has 0 spiro atoms. The highest BCUT2D eigenvalue weighted by atomic mass is 15.3. The average molecular weight is 599 g/mol. The van der Waals surface area contributed by atoms with Gasteiger partial charge < -0.3 is 0 Å². The quantitative estimate of drug-likeness (QED) is 0.0913. The van der Waals surface area contributed by atoms with Crippen LogP contribution in [0.15, 0.2) is 145 Å². The standard InChI is InChI=1S/C44H42N2/c1-7-12-17-31(6)44(46-45-11-5)37-20-15-19-35(28-37)39-27-32(9-3)26-38(29-39)33-22-24-34(25-23-33)43-30-36-18-13-14-21-41(36)40(10-4)42(43)16-8-2/h7-8,10-30,46H,1,4,9H2,2-3,5-6H3/b16-8-,17-12-,44-31+,45-11+. The van der Waals surface area contributed by atoms with Crippen molar-refractivity contribution < 1.29 is 0 Å². The molecule has 1 N–H and O–H groups in total. The normalized spacial score (nSPS) is 12.3. The van der Waals surface area contributed by atoms with Crippen LogP contribution in [0.3, 0.4) is 0 Å². The Labute approximate surface area is 274 Å². The molecule has 0 bridgehead atoms. The Morgan fingerprint density at radius 3 is 2.20 bits per heavy atom. The zero-order chi connectivity index (χ0) is 32.5. The van der Waals surface area contributed by atoms with Gasteiger partial charge in [-0.2, -0.15) is 5.10 Å². The van der Waals surface area contributed by atoms with Crippen molar-refractivity contribution in [2.24, 2.45) is 5.10 Å². The summed E-state index contributed by atoms with van der Waals surface area (Å²) < 4.78 is 0. The van der Waals surface area contributed by atoms with E-state index in [1.54, 1.807) is 12.3 Å². The van der Waals surface area contributed by atoms with Gasteiger partial charge in [-0.05, 0) is 112 Å². The van der Waals surface area contributed by atoms with Gasteiger partial charge in [0.1, 0.15) is 0 Å². The predicted molar refractivity (Wildman–Crippen MR) is 204 cm³/mol. The second-order valence-electron chi connectivity index (χ2n) is 11.3. The van der Waals surface area contributed by atoms with E-state index in [1.165, 1.54) is 55.3 Å². The number of nitrogens with one attached hydrogen (secondary N) is 1. The molecular formula is C44H42N2. The highest BCUT2D eigenvalue weighted by Gasteiger charge is 2.13. The number of rotatable bonds is 11. The fourth-order valence-corrected chi connectivity index (χ4v) is 5.93. The molecule has 228 valence electrons. The monoisotopic (exact) mass is 598 g/mol. The number of hydrogen-bond acceptors (Lipinski definition) is 2. The number of nitrogens with zero attached hydrogens (tertiary/aromatic N) is 1. The Hall–Kier alpha value is -5.47. The zero-order valence-corrected chi connectivity index (χ0v) is 27.3. The lowest BCUT2D eigenvalue weighted by molar-refractivity contribution is 0.988. The van der Waals surface area contributed by atoms with E-state index in [4.69, 9.17) is 0 Å². The number of hydrogen-bond donors (Lipinski definition) is 1. The van der Waals surface area contributed by atoms with Gasteiger partial charge in [0, 0.05) is 11.8 Å². The van der Waals surface area contributed by atoms with Crippen molar-refractivity contribution in [3.8, 4) is 33.4 Å². The number of allylic oxidation sites excluding steroid dienone is 5. The molecule has 2 heteroatoms. The molecule has 0 saturated heterocycles. The van der Waals surface area contributed by atoms with Crippen molar-refractivity contribution >= 4 is 34.8 Å². The van der Waals surface area contributed by atoms with Gasteiger partial charge in [-0.25, -0.2) is 0 Å². The summed E-state index contributed by atoms with van der Waals surface area (Å²) in [6.07, 6.45) is 14.8. The maximum Gasteiger partial charge on any atom is 0.0663 e. The first kappa shape index (κ1) is 31.9. The fourth-order valence-electron chi connectivity index (χ4n) is 5.93. The number of aryl methyl sites for hydroxylation is 1. The zero-order valence-electron chi connectivity index (χ0n) is 27.3. The third kappa shape index (κ3) is 6.92. The lowest BCUT2D eigenvalue weighted by Gasteiger charge is -2.15. The summed E-state index contributed by atoms with van der Waals surface area (Å²) in [5, 5.41) is 6.77. The van der Waals surface area contributed by atoms with Gasteiger partial charge in [0.15, 0.2) is 0 Å². The van der Waals surface area contributed by atoms with Crippen LogP contribution >= 0.6 is 0 Å². The molecule has 5 aromatic rings. The molecule has 0 unspecified atom stereocenters. The molecule has 0 aliphatic carbocycles. The second kappa shape index (κ2) is 15.0. The minimum Gasteiger partial charge on any atom is -0.278 e. The van der Waals surface area contributed by atoms with Crippen molar-refractivity contribution in [2.75, 3.05) is 0 Å². The molecule has 0 amide bonds. The maximum atomic E-state index is 4.33. The summed E-state index contributed by atoms with van der Waals surface area (Å²) in [4.78, 5) is 0. The van der Waals surface area contributed by atoms with E-state index in [1.807, 2.05) is 25.2 Å². The van der Waals surface area contributed by atoms with Crippen LogP contribution in [0.4, 0.5) is 0 Å².